The largest absolute Gasteiger partial charge is 0.354 e. The van der Waals surface area contributed by atoms with Crippen LogP contribution in [0.3, 0.4) is 0 Å². The molecular weight excluding hydrogens is 395 g/mol. The van der Waals surface area contributed by atoms with Crippen molar-refractivity contribution in [2.24, 2.45) is 10.9 Å². The number of carbonyl (C=O) groups is 2. The molecule has 0 spiro atoms. The zero-order chi connectivity index (χ0) is 22.2. The van der Waals surface area contributed by atoms with Gasteiger partial charge in [-0.2, -0.15) is 5.10 Å². The average molecular weight is 416 g/mol. The number of allylic oxidation sites excluding steroid dienone is 5. The molecule has 0 saturated heterocycles. The van der Waals surface area contributed by atoms with Gasteiger partial charge in [-0.05, 0) is 43.3 Å². The number of nitrogens with zero attached hydrogens (tertiary/aromatic N) is 1. The highest BCUT2D eigenvalue weighted by Gasteiger charge is 2.15. The van der Waals surface area contributed by atoms with E-state index in [0.717, 1.165) is 6.07 Å². The third kappa shape index (κ3) is 5.02. The van der Waals surface area contributed by atoms with E-state index in [9.17, 15) is 14.0 Å². The standard InChI is InChI=1S/C24H21FN4O2/c1-2-3-4-5-6-10-21-20(14-27-26)23-17(15-30)12-19(13-22(23)29-21)28-24(31)16-8-7-9-18(25)11-16/h2-15,29H,26H2,1H3,(H,28,31)/b3-2-,5-4-,10-6+,27-14-. The van der Waals surface area contributed by atoms with Gasteiger partial charge in [0.25, 0.3) is 5.91 Å². The molecule has 1 amide bonds. The number of carbonyl (C=O) groups excluding carboxylic acids is 2. The minimum Gasteiger partial charge on any atom is -0.354 e. The van der Waals surface area contributed by atoms with Crippen LogP contribution in [-0.4, -0.2) is 23.4 Å². The normalized spacial score (nSPS) is 12.1. The fraction of sp³-hybridized carbons (Fsp3) is 0.0417. The van der Waals surface area contributed by atoms with E-state index >= 15 is 0 Å². The summed E-state index contributed by atoms with van der Waals surface area (Å²) in [5, 5.41) is 6.94. The van der Waals surface area contributed by atoms with Crippen molar-refractivity contribution in [1.29, 1.82) is 0 Å². The first-order valence-electron chi connectivity index (χ1n) is 9.48. The molecule has 0 fully saturated rings. The van der Waals surface area contributed by atoms with Crippen molar-refractivity contribution in [1.82, 2.24) is 4.98 Å². The Labute approximate surface area is 178 Å². The van der Waals surface area contributed by atoms with E-state index in [1.165, 1.54) is 24.4 Å². The number of benzene rings is 2. The summed E-state index contributed by atoms with van der Waals surface area (Å²) >= 11 is 0. The second kappa shape index (κ2) is 9.98. The molecule has 156 valence electrons. The van der Waals surface area contributed by atoms with E-state index in [-0.39, 0.29) is 5.56 Å². The molecule has 7 heteroatoms. The van der Waals surface area contributed by atoms with Crippen LogP contribution in [0, 0.1) is 5.82 Å². The number of hydrogen-bond donors (Lipinski definition) is 3. The van der Waals surface area contributed by atoms with Crippen LogP contribution in [0.2, 0.25) is 0 Å². The summed E-state index contributed by atoms with van der Waals surface area (Å²) in [6.07, 6.45) is 13.4. The topological polar surface area (TPSA) is 100 Å². The molecule has 0 atom stereocenters. The number of amides is 1. The number of rotatable bonds is 7. The molecule has 0 saturated carbocycles. The quantitative estimate of drug-likeness (QED) is 0.169. The van der Waals surface area contributed by atoms with Gasteiger partial charge in [0.1, 0.15) is 5.82 Å². The van der Waals surface area contributed by atoms with Crippen LogP contribution in [0.15, 0.2) is 71.9 Å². The number of aromatic amines is 1. The van der Waals surface area contributed by atoms with Gasteiger partial charge in [-0.1, -0.05) is 36.4 Å². The molecule has 1 aromatic heterocycles. The Morgan fingerprint density at radius 1 is 1.16 bits per heavy atom. The molecule has 3 aromatic rings. The lowest BCUT2D eigenvalue weighted by molar-refractivity contribution is 0.102. The van der Waals surface area contributed by atoms with Crippen LogP contribution in [-0.2, 0) is 0 Å². The van der Waals surface area contributed by atoms with Crippen molar-refractivity contribution >= 4 is 41.1 Å². The van der Waals surface area contributed by atoms with Gasteiger partial charge >= 0.3 is 0 Å². The summed E-state index contributed by atoms with van der Waals surface area (Å²) in [6, 6.07) is 8.61. The van der Waals surface area contributed by atoms with E-state index in [1.54, 1.807) is 12.1 Å². The number of halogens is 1. The van der Waals surface area contributed by atoms with Crippen molar-refractivity contribution in [2.75, 3.05) is 5.32 Å². The molecular formula is C24H21FN4O2. The van der Waals surface area contributed by atoms with Crippen LogP contribution in [0.25, 0.3) is 17.0 Å². The van der Waals surface area contributed by atoms with Gasteiger partial charge in [0.05, 0.1) is 6.21 Å². The zero-order valence-corrected chi connectivity index (χ0v) is 16.8. The number of hydrazone groups is 1. The molecule has 0 aliphatic heterocycles. The summed E-state index contributed by atoms with van der Waals surface area (Å²) in [7, 11) is 0. The molecule has 6 nitrogen and oxygen atoms in total. The molecule has 0 aliphatic carbocycles. The Morgan fingerprint density at radius 2 is 1.97 bits per heavy atom. The maximum absolute atomic E-state index is 13.4. The average Bonchev–Trinajstić information content (AvgIpc) is 3.10. The summed E-state index contributed by atoms with van der Waals surface area (Å²) in [6.45, 7) is 1.92. The number of nitrogens with one attached hydrogen (secondary N) is 2. The monoisotopic (exact) mass is 416 g/mol. The van der Waals surface area contributed by atoms with Crippen LogP contribution < -0.4 is 11.2 Å². The van der Waals surface area contributed by atoms with Crippen molar-refractivity contribution < 1.29 is 14.0 Å². The second-order valence-electron chi connectivity index (χ2n) is 6.57. The summed E-state index contributed by atoms with van der Waals surface area (Å²) in [5.41, 5.74) is 2.88. The second-order valence-corrected chi connectivity index (χ2v) is 6.57. The van der Waals surface area contributed by atoms with Crippen LogP contribution in [0.4, 0.5) is 10.1 Å². The lowest BCUT2D eigenvalue weighted by Crippen LogP contribution is -2.12. The number of aromatic nitrogens is 1. The van der Waals surface area contributed by atoms with Crippen LogP contribution in [0.5, 0.6) is 0 Å². The maximum atomic E-state index is 13.4. The lowest BCUT2D eigenvalue weighted by atomic mass is 10.0. The lowest BCUT2D eigenvalue weighted by Gasteiger charge is -2.07. The molecule has 1 heterocycles. The summed E-state index contributed by atoms with van der Waals surface area (Å²) in [4.78, 5) is 27.5. The van der Waals surface area contributed by atoms with E-state index in [0.29, 0.717) is 39.7 Å². The predicted octanol–water partition coefficient (Wildman–Crippen LogP) is 4.81. The van der Waals surface area contributed by atoms with E-state index in [4.69, 9.17) is 5.84 Å². The smallest absolute Gasteiger partial charge is 0.255 e. The van der Waals surface area contributed by atoms with E-state index < -0.39 is 11.7 Å². The molecule has 31 heavy (non-hydrogen) atoms. The summed E-state index contributed by atoms with van der Waals surface area (Å²) < 4.78 is 13.4. The molecule has 0 unspecified atom stereocenters. The Hall–Kier alpha value is -4.26. The Balaban J connectivity index is 2.03. The first kappa shape index (κ1) is 21.4. The SMILES string of the molecule is C\C=C/C=C\C=C\c1[nH]c2cc(NC(=O)c3cccc(F)c3)cc(C=O)c2c1/C=N\N. The van der Waals surface area contributed by atoms with Crippen molar-refractivity contribution in [2.45, 2.75) is 6.92 Å². The van der Waals surface area contributed by atoms with E-state index in [1.807, 2.05) is 43.4 Å². The molecule has 0 aliphatic rings. The first-order valence-corrected chi connectivity index (χ1v) is 9.48. The number of fused-ring (bicyclic) bond motifs is 1. The molecule has 2 aromatic carbocycles. The van der Waals surface area contributed by atoms with Gasteiger partial charge in [0.15, 0.2) is 6.29 Å². The number of anilines is 1. The van der Waals surface area contributed by atoms with Gasteiger partial charge in [-0.15, -0.1) is 0 Å². The fourth-order valence-electron chi connectivity index (χ4n) is 3.14. The molecule has 4 N–H and O–H groups in total. The number of H-pyrrole nitrogens is 1. The minimum atomic E-state index is -0.508. The minimum absolute atomic E-state index is 0.173. The highest BCUT2D eigenvalue weighted by Crippen LogP contribution is 2.29. The first-order chi connectivity index (χ1) is 15.1. The Bertz CT molecular complexity index is 1240. The molecule has 0 bridgehead atoms. The fourth-order valence-corrected chi connectivity index (χ4v) is 3.14. The van der Waals surface area contributed by atoms with Gasteiger partial charge in [-0.3, -0.25) is 9.59 Å². The summed E-state index contributed by atoms with van der Waals surface area (Å²) in [5.74, 6) is 4.38. The van der Waals surface area contributed by atoms with Crippen molar-refractivity contribution in [3.63, 3.8) is 0 Å². The van der Waals surface area contributed by atoms with Crippen molar-refractivity contribution in [3.8, 4) is 0 Å². The van der Waals surface area contributed by atoms with Gasteiger partial charge in [-0.25, -0.2) is 4.39 Å². The Kier molecular flexibility index (Phi) is 6.90. The van der Waals surface area contributed by atoms with Gasteiger partial charge in [0.2, 0.25) is 0 Å². The zero-order valence-electron chi connectivity index (χ0n) is 16.8. The highest BCUT2D eigenvalue weighted by molar-refractivity contribution is 6.12. The van der Waals surface area contributed by atoms with Crippen LogP contribution in [0.1, 0.15) is 38.9 Å². The van der Waals surface area contributed by atoms with Gasteiger partial charge in [0, 0.05) is 39.0 Å². The van der Waals surface area contributed by atoms with Gasteiger partial charge < -0.3 is 16.1 Å². The third-order valence-corrected chi connectivity index (χ3v) is 4.46. The predicted molar refractivity (Wildman–Crippen MR) is 123 cm³/mol. The van der Waals surface area contributed by atoms with E-state index in [2.05, 4.69) is 15.4 Å². The third-order valence-electron chi connectivity index (χ3n) is 4.46. The number of aldehydes is 1. The number of hydrogen-bond acceptors (Lipinski definition) is 4. The Morgan fingerprint density at radius 3 is 2.68 bits per heavy atom. The number of nitrogens with two attached hydrogens (primary N) is 1. The molecule has 0 radical (unpaired) electrons. The maximum Gasteiger partial charge on any atom is 0.255 e. The highest BCUT2D eigenvalue weighted by atomic mass is 19.1. The van der Waals surface area contributed by atoms with Crippen LogP contribution >= 0.6 is 0 Å². The van der Waals surface area contributed by atoms with Crippen molar-refractivity contribution in [3.05, 3.63) is 95.0 Å². The molecule has 3 rings (SSSR count).